The molecule has 0 N–H and O–H groups in total. The van der Waals surface area contributed by atoms with E-state index in [1.165, 1.54) is 35.7 Å². The highest BCUT2D eigenvalue weighted by atomic mass is 79.9. The van der Waals surface area contributed by atoms with Gasteiger partial charge in [-0.1, -0.05) is 52.3 Å². The first-order chi connectivity index (χ1) is 15.5. The molecular weight excluding hydrogens is 500 g/mol. The van der Waals surface area contributed by atoms with Crippen molar-refractivity contribution in [1.82, 2.24) is 4.57 Å². The Kier molecular flexibility index (Phi) is 6.53. The Hall–Kier alpha value is -2.84. The van der Waals surface area contributed by atoms with E-state index in [9.17, 15) is 18.4 Å². The highest BCUT2D eigenvalue weighted by Crippen LogP contribution is 2.39. The van der Waals surface area contributed by atoms with Crippen molar-refractivity contribution in [3.63, 3.8) is 0 Å². The molecule has 0 aliphatic rings. The van der Waals surface area contributed by atoms with Crippen molar-refractivity contribution in [2.75, 3.05) is 6.61 Å². The Morgan fingerprint density at radius 3 is 2.38 bits per heavy atom. The molecule has 32 heavy (non-hydrogen) atoms. The smallest absolute Gasteiger partial charge is 0.343 e. The third-order valence-electron chi connectivity index (χ3n) is 5.06. The maximum atomic E-state index is 14.4. The Morgan fingerprint density at radius 1 is 1.06 bits per heavy atom. The molecule has 0 radical (unpaired) electrons. The van der Waals surface area contributed by atoms with Gasteiger partial charge in [-0.3, -0.25) is 4.79 Å². The van der Waals surface area contributed by atoms with Crippen LogP contribution in [0.4, 0.5) is 8.78 Å². The van der Waals surface area contributed by atoms with E-state index in [-0.39, 0.29) is 24.3 Å². The summed E-state index contributed by atoms with van der Waals surface area (Å²) >= 11 is 4.81. The number of hydrogen-bond donors (Lipinski definition) is 0. The number of alkyl halides is 1. The van der Waals surface area contributed by atoms with Gasteiger partial charge in [0.1, 0.15) is 22.0 Å². The highest BCUT2D eigenvalue weighted by molar-refractivity contribution is 9.08. The first kappa shape index (κ1) is 22.4. The number of thiophene rings is 1. The number of halogens is 3. The number of rotatable bonds is 6. The van der Waals surface area contributed by atoms with Crippen LogP contribution in [-0.2, 0) is 16.6 Å². The first-order valence-electron chi connectivity index (χ1n) is 9.86. The average Bonchev–Trinajstić information content (AvgIpc) is 3.19. The van der Waals surface area contributed by atoms with Gasteiger partial charge in [0, 0.05) is 22.0 Å². The second-order valence-corrected chi connectivity index (χ2v) is 8.57. The van der Waals surface area contributed by atoms with Gasteiger partial charge in [0.15, 0.2) is 0 Å². The van der Waals surface area contributed by atoms with Crippen LogP contribution >= 0.6 is 27.3 Å². The Morgan fingerprint density at radius 2 is 1.75 bits per heavy atom. The van der Waals surface area contributed by atoms with E-state index in [0.29, 0.717) is 15.5 Å². The van der Waals surface area contributed by atoms with Gasteiger partial charge in [0.05, 0.1) is 18.5 Å². The summed E-state index contributed by atoms with van der Waals surface area (Å²) in [4.78, 5) is 27.2. The lowest BCUT2D eigenvalue weighted by molar-refractivity contribution is 0.0524. The van der Waals surface area contributed by atoms with Gasteiger partial charge in [-0.05, 0) is 30.2 Å². The maximum Gasteiger partial charge on any atom is 0.343 e. The topological polar surface area (TPSA) is 48.3 Å². The Labute approximate surface area is 195 Å². The van der Waals surface area contributed by atoms with E-state index in [0.717, 1.165) is 16.0 Å². The lowest BCUT2D eigenvalue weighted by Gasteiger charge is -2.12. The fraction of sp³-hybridized carbons (Fsp3) is 0.167. The quantitative estimate of drug-likeness (QED) is 0.228. The van der Waals surface area contributed by atoms with Crippen molar-refractivity contribution in [1.29, 1.82) is 0 Å². The van der Waals surface area contributed by atoms with E-state index in [1.54, 1.807) is 11.5 Å². The van der Waals surface area contributed by atoms with Gasteiger partial charge in [-0.25, -0.2) is 13.6 Å². The fourth-order valence-corrected chi connectivity index (χ4v) is 5.62. The normalized spacial score (nSPS) is 11.1. The van der Waals surface area contributed by atoms with Gasteiger partial charge in [-0.2, -0.15) is 0 Å². The van der Waals surface area contributed by atoms with Crippen LogP contribution in [0.25, 0.3) is 20.7 Å². The molecule has 4 nitrogen and oxygen atoms in total. The minimum atomic E-state index is -0.768. The molecule has 2 heterocycles. The monoisotopic (exact) mass is 517 g/mol. The number of esters is 1. The number of benzene rings is 2. The van der Waals surface area contributed by atoms with Crippen LogP contribution in [0.1, 0.15) is 28.4 Å². The zero-order chi connectivity index (χ0) is 22.8. The molecule has 0 saturated heterocycles. The molecule has 0 spiro atoms. The van der Waals surface area contributed by atoms with Crippen LogP contribution < -0.4 is 5.43 Å². The molecule has 164 valence electrons. The zero-order valence-corrected chi connectivity index (χ0v) is 19.4. The molecular formula is C24H18BrF2NO3S. The molecule has 0 bridgehead atoms. The van der Waals surface area contributed by atoms with Gasteiger partial charge in [0.2, 0.25) is 5.43 Å². The summed E-state index contributed by atoms with van der Waals surface area (Å²) in [5.41, 5.74) is 0.841. The second-order valence-electron chi connectivity index (χ2n) is 7.01. The number of nitrogens with zero attached hydrogens (tertiary/aromatic N) is 1. The summed E-state index contributed by atoms with van der Waals surface area (Å²) in [5, 5.41) is 0.709. The van der Waals surface area contributed by atoms with Gasteiger partial charge in [-0.15, -0.1) is 11.3 Å². The zero-order valence-electron chi connectivity index (χ0n) is 17.0. The molecule has 0 fully saturated rings. The third kappa shape index (κ3) is 4.00. The number of carbonyl (C=O) groups excluding carboxylic acids is 1. The predicted molar refractivity (Wildman–Crippen MR) is 126 cm³/mol. The SMILES string of the molecule is CCOC(=O)c1cn(Cc2c(F)cccc2F)c2sc(-c3ccccc3)c(CBr)c2c1=O. The number of carbonyl (C=O) groups is 1. The number of pyridine rings is 1. The molecule has 0 saturated carbocycles. The van der Waals surface area contributed by atoms with Crippen molar-refractivity contribution in [3.05, 3.63) is 93.3 Å². The number of fused-ring (bicyclic) bond motifs is 1. The summed E-state index contributed by atoms with van der Waals surface area (Å²) in [7, 11) is 0. The predicted octanol–water partition coefficient (Wildman–Crippen LogP) is 6.13. The maximum absolute atomic E-state index is 14.4. The van der Waals surface area contributed by atoms with Gasteiger partial charge < -0.3 is 9.30 Å². The molecule has 0 unspecified atom stereocenters. The lowest BCUT2D eigenvalue weighted by Crippen LogP contribution is -2.21. The van der Waals surface area contributed by atoms with Crippen LogP contribution in [0.3, 0.4) is 0 Å². The largest absolute Gasteiger partial charge is 0.462 e. The van der Waals surface area contributed by atoms with Crippen molar-refractivity contribution in [2.24, 2.45) is 0 Å². The standard InChI is InChI=1S/C24H18BrF2NO3S/c1-2-31-24(30)17-13-28(12-16-18(26)9-6-10-19(16)27)23-20(21(17)29)15(11-25)22(32-23)14-7-4-3-5-8-14/h3-10,13H,2,11-12H2,1H3. The molecule has 0 aliphatic carbocycles. The summed E-state index contributed by atoms with van der Waals surface area (Å²) in [6.45, 7) is 1.56. The van der Waals surface area contributed by atoms with Gasteiger partial charge >= 0.3 is 5.97 Å². The molecule has 4 aromatic rings. The summed E-state index contributed by atoms with van der Waals surface area (Å²) < 4.78 is 35.4. The summed E-state index contributed by atoms with van der Waals surface area (Å²) in [6, 6.07) is 13.2. The van der Waals surface area contributed by atoms with Crippen LogP contribution in [-0.4, -0.2) is 17.1 Å². The van der Waals surface area contributed by atoms with Crippen molar-refractivity contribution in [3.8, 4) is 10.4 Å². The fourth-order valence-electron chi connectivity index (χ4n) is 3.57. The number of hydrogen-bond acceptors (Lipinski definition) is 4. The van der Waals surface area contributed by atoms with Crippen molar-refractivity contribution >= 4 is 43.5 Å². The van der Waals surface area contributed by atoms with Crippen LogP contribution in [0.5, 0.6) is 0 Å². The van der Waals surface area contributed by atoms with Crippen molar-refractivity contribution < 1.29 is 18.3 Å². The summed E-state index contributed by atoms with van der Waals surface area (Å²) in [6.07, 6.45) is 1.33. The molecule has 0 atom stereocenters. The van der Waals surface area contributed by atoms with E-state index in [1.807, 2.05) is 30.3 Å². The number of ether oxygens (including phenoxy) is 1. The molecule has 4 rings (SSSR count). The Balaban J connectivity index is 2.03. The molecule has 0 amide bonds. The average molecular weight is 518 g/mol. The van der Waals surface area contributed by atoms with E-state index >= 15 is 0 Å². The second kappa shape index (κ2) is 9.34. The molecule has 0 aliphatic heterocycles. The summed E-state index contributed by atoms with van der Waals surface area (Å²) in [5.74, 6) is -2.17. The van der Waals surface area contributed by atoms with Crippen LogP contribution in [0, 0.1) is 11.6 Å². The van der Waals surface area contributed by atoms with Crippen LogP contribution in [0.2, 0.25) is 0 Å². The third-order valence-corrected chi connectivity index (χ3v) is 6.94. The molecule has 8 heteroatoms. The van der Waals surface area contributed by atoms with Crippen LogP contribution in [0.15, 0.2) is 59.5 Å². The van der Waals surface area contributed by atoms with E-state index in [2.05, 4.69) is 15.9 Å². The van der Waals surface area contributed by atoms with E-state index < -0.39 is 23.0 Å². The van der Waals surface area contributed by atoms with Gasteiger partial charge in [0.25, 0.3) is 0 Å². The number of aromatic nitrogens is 1. The highest BCUT2D eigenvalue weighted by Gasteiger charge is 2.24. The lowest BCUT2D eigenvalue weighted by atomic mass is 10.1. The minimum absolute atomic E-state index is 0.0997. The minimum Gasteiger partial charge on any atom is -0.462 e. The molecule has 2 aromatic carbocycles. The first-order valence-corrected chi connectivity index (χ1v) is 11.8. The molecule has 2 aromatic heterocycles. The Bertz CT molecular complexity index is 1350. The van der Waals surface area contributed by atoms with E-state index in [4.69, 9.17) is 4.74 Å². The van der Waals surface area contributed by atoms with Crippen molar-refractivity contribution in [2.45, 2.75) is 18.8 Å².